The van der Waals surface area contributed by atoms with Crippen LogP contribution in [0.5, 0.6) is 0 Å². The first-order valence-corrected chi connectivity index (χ1v) is 15.0. The Hall–Kier alpha value is -3.83. The maximum atomic E-state index is 2.61. The third kappa shape index (κ3) is 3.60. The fourth-order valence-corrected chi connectivity index (χ4v) is 7.49. The van der Waals surface area contributed by atoms with E-state index in [1.165, 1.54) is 66.8 Å². The Morgan fingerprint density at radius 3 is 1.97 bits per heavy atom. The molecule has 2 aliphatic carbocycles. The summed E-state index contributed by atoms with van der Waals surface area (Å²) in [5.41, 5.74) is 13.0. The van der Waals surface area contributed by atoms with Crippen molar-refractivity contribution in [2.45, 2.75) is 23.2 Å². The molecule has 4 aromatic carbocycles. The number of halogens is 1. The van der Waals surface area contributed by atoms with Crippen molar-refractivity contribution in [3.8, 4) is 22.5 Å². The molecule has 0 aliphatic heterocycles. The zero-order valence-electron chi connectivity index (χ0n) is 21.5. The van der Waals surface area contributed by atoms with Gasteiger partial charge in [0, 0.05) is 44.7 Å². The zero-order chi connectivity index (χ0) is 25.9. The van der Waals surface area contributed by atoms with Gasteiger partial charge in [-0.15, -0.1) is 0 Å². The largest absolute Gasteiger partial charge is 0.313 e. The zero-order valence-corrected chi connectivity index (χ0v) is 23.7. The van der Waals surface area contributed by atoms with Gasteiger partial charge in [-0.1, -0.05) is 108 Å². The number of hydrogen-bond donors (Lipinski definition) is 0. The van der Waals surface area contributed by atoms with E-state index in [0.29, 0.717) is 3.92 Å². The number of para-hydroxylation sites is 2. The lowest BCUT2D eigenvalue weighted by atomic mass is 10.0. The molecule has 2 aliphatic rings. The Kier molecular flexibility index (Phi) is 5.41. The number of nitrogens with zero attached hydrogens (tertiary/aromatic N) is 2. The van der Waals surface area contributed by atoms with Crippen LogP contribution in [0, 0.1) is 0 Å². The van der Waals surface area contributed by atoms with Crippen LogP contribution in [0.15, 0.2) is 109 Å². The van der Waals surface area contributed by atoms with Gasteiger partial charge in [-0.2, -0.15) is 0 Å². The van der Waals surface area contributed by atoms with E-state index in [1.54, 1.807) is 0 Å². The molecule has 2 heterocycles. The highest BCUT2D eigenvalue weighted by molar-refractivity contribution is 14.1. The summed E-state index contributed by atoms with van der Waals surface area (Å²) in [6.07, 6.45) is 12.5. The van der Waals surface area contributed by atoms with Crippen LogP contribution in [-0.2, 0) is 6.42 Å². The third-order valence-corrected chi connectivity index (χ3v) is 9.36. The number of hydrogen-bond acceptors (Lipinski definition) is 0. The van der Waals surface area contributed by atoms with E-state index in [4.69, 9.17) is 0 Å². The maximum absolute atomic E-state index is 2.61. The highest BCUT2D eigenvalue weighted by Gasteiger charge is 2.24. The molecule has 0 amide bonds. The van der Waals surface area contributed by atoms with Crippen molar-refractivity contribution in [1.29, 1.82) is 0 Å². The molecule has 1 unspecified atom stereocenters. The molecule has 188 valence electrons. The maximum Gasteiger partial charge on any atom is 0.0556 e. The Morgan fingerprint density at radius 2 is 1.23 bits per heavy atom. The lowest BCUT2D eigenvalue weighted by Crippen LogP contribution is -2.05. The summed E-state index contributed by atoms with van der Waals surface area (Å²) in [6.45, 7) is 0. The Morgan fingerprint density at radius 1 is 0.615 bits per heavy atom. The van der Waals surface area contributed by atoms with Crippen molar-refractivity contribution in [2.75, 3.05) is 0 Å². The number of allylic oxidation sites excluding steroid dienone is 2. The molecule has 0 radical (unpaired) electrons. The van der Waals surface area contributed by atoms with Gasteiger partial charge in [0.2, 0.25) is 0 Å². The second kappa shape index (κ2) is 9.13. The summed E-state index contributed by atoms with van der Waals surface area (Å²) in [5, 5.41) is 2.67. The minimum Gasteiger partial charge on any atom is -0.313 e. The van der Waals surface area contributed by atoms with E-state index >= 15 is 0 Å². The minimum absolute atomic E-state index is 0.448. The van der Waals surface area contributed by atoms with Crippen LogP contribution >= 0.6 is 22.6 Å². The van der Waals surface area contributed by atoms with Gasteiger partial charge in [0.25, 0.3) is 0 Å². The molecule has 8 rings (SSSR count). The van der Waals surface area contributed by atoms with Crippen LogP contribution in [0.2, 0.25) is 0 Å². The van der Waals surface area contributed by atoms with Crippen molar-refractivity contribution in [1.82, 2.24) is 9.13 Å². The van der Waals surface area contributed by atoms with Gasteiger partial charge >= 0.3 is 0 Å². The number of alkyl halides is 1. The predicted molar refractivity (Wildman–Crippen MR) is 173 cm³/mol. The fourth-order valence-electron chi connectivity index (χ4n) is 6.58. The lowest BCUT2D eigenvalue weighted by Gasteiger charge is -2.19. The highest BCUT2D eigenvalue weighted by atomic mass is 127. The van der Waals surface area contributed by atoms with Gasteiger partial charge in [-0.3, -0.25) is 0 Å². The molecular weight excluding hydrogens is 587 g/mol. The van der Waals surface area contributed by atoms with Crippen molar-refractivity contribution in [3.63, 3.8) is 0 Å². The third-order valence-electron chi connectivity index (χ3n) is 8.27. The molecule has 0 saturated carbocycles. The van der Waals surface area contributed by atoms with Crippen molar-refractivity contribution in [3.05, 3.63) is 132 Å². The summed E-state index contributed by atoms with van der Waals surface area (Å²) >= 11 is 2.61. The molecule has 0 saturated heterocycles. The molecule has 39 heavy (non-hydrogen) atoms. The monoisotopic (exact) mass is 614 g/mol. The normalized spacial score (nSPS) is 16.1. The van der Waals surface area contributed by atoms with Crippen LogP contribution in [0.25, 0.3) is 56.5 Å². The molecule has 3 heteroatoms. The summed E-state index contributed by atoms with van der Waals surface area (Å²) in [4.78, 5) is 0. The van der Waals surface area contributed by atoms with Crippen molar-refractivity contribution in [2.24, 2.45) is 0 Å². The van der Waals surface area contributed by atoms with Gasteiger partial charge in [-0.05, 0) is 66.8 Å². The van der Waals surface area contributed by atoms with E-state index in [0.717, 1.165) is 19.3 Å². The quantitative estimate of drug-likeness (QED) is 0.139. The standard InChI is InChI=1S/C36H27IN2/c37-32-18-9-17-31-30-16-3-6-21-35(30)39(36(31)32)27-13-8-11-25(23-27)24-10-7-12-26(22-24)38-33-19-4-1-14-28(33)29-15-2-5-20-34(29)38/h1-4,6-17,19,21-23,32H,5,18,20H2. The predicted octanol–water partition coefficient (Wildman–Crippen LogP) is 10.1. The van der Waals surface area contributed by atoms with Crippen LogP contribution in [0.4, 0.5) is 0 Å². The SMILES string of the molecule is IC1CC=Cc2c1n(-c1cccc(-c3cccc(-n4c5c(c6ccccc64)C=CCC5)c3)c1)c1ccccc21. The molecule has 2 aromatic heterocycles. The van der Waals surface area contributed by atoms with E-state index < -0.39 is 0 Å². The Bertz CT molecular complexity index is 1970. The van der Waals surface area contributed by atoms with Crippen LogP contribution < -0.4 is 0 Å². The number of aromatic nitrogens is 2. The molecule has 0 N–H and O–H groups in total. The van der Waals surface area contributed by atoms with Gasteiger partial charge in [0.1, 0.15) is 0 Å². The van der Waals surface area contributed by atoms with Crippen molar-refractivity contribution >= 4 is 56.5 Å². The van der Waals surface area contributed by atoms with Gasteiger partial charge in [0.05, 0.1) is 15.0 Å². The van der Waals surface area contributed by atoms with Gasteiger partial charge in [-0.25, -0.2) is 0 Å². The summed E-state index contributed by atoms with van der Waals surface area (Å²) < 4.78 is 5.41. The topological polar surface area (TPSA) is 9.86 Å². The summed E-state index contributed by atoms with van der Waals surface area (Å²) in [7, 11) is 0. The molecule has 6 aromatic rings. The number of rotatable bonds is 3. The molecule has 2 nitrogen and oxygen atoms in total. The number of benzene rings is 4. The van der Waals surface area contributed by atoms with E-state index in [1.807, 2.05) is 0 Å². The second-order valence-corrected chi connectivity index (χ2v) is 12.0. The Balaban J connectivity index is 1.29. The molecule has 1 atom stereocenters. The fraction of sp³-hybridized carbons (Fsp3) is 0.111. The first-order valence-electron chi connectivity index (χ1n) is 13.7. The lowest BCUT2D eigenvalue weighted by molar-refractivity contribution is 0.888. The average Bonchev–Trinajstić information content (AvgIpc) is 3.52. The first kappa shape index (κ1) is 23.1. The van der Waals surface area contributed by atoms with E-state index in [9.17, 15) is 0 Å². The summed E-state index contributed by atoms with van der Waals surface area (Å²) in [5.74, 6) is 0. The van der Waals surface area contributed by atoms with Gasteiger partial charge in [0.15, 0.2) is 0 Å². The van der Waals surface area contributed by atoms with E-state index in [2.05, 4.69) is 153 Å². The van der Waals surface area contributed by atoms with Crippen LogP contribution in [0.3, 0.4) is 0 Å². The minimum atomic E-state index is 0.448. The smallest absolute Gasteiger partial charge is 0.0556 e. The van der Waals surface area contributed by atoms with Crippen LogP contribution in [0.1, 0.15) is 39.3 Å². The van der Waals surface area contributed by atoms with Crippen LogP contribution in [-0.4, -0.2) is 9.13 Å². The molecule has 0 spiro atoms. The first-order chi connectivity index (χ1) is 19.3. The second-order valence-electron chi connectivity index (χ2n) is 10.5. The Labute approximate surface area is 242 Å². The average molecular weight is 615 g/mol. The van der Waals surface area contributed by atoms with Gasteiger partial charge < -0.3 is 9.13 Å². The molecule has 0 bridgehead atoms. The number of fused-ring (bicyclic) bond motifs is 6. The molecular formula is C36H27IN2. The highest BCUT2D eigenvalue weighted by Crippen LogP contribution is 2.43. The van der Waals surface area contributed by atoms with E-state index in [-0.39, 0.29) is 0 Å². The van der Waals surface area contributed by atoms with Crippen molar-refractivity contribution < 1.29 is 0 Å². The molecule has 0 fully saturated rings. The summed E-state index contributed by atoms with van der Waals surface area (Å²) in [6, 6.07) is 35.8.